The summed E-state index contributed by atoms with van der Waals surface area (Å²) >= 11 is 0. The minimum Gasteiger partial charge on any atom is -0.394 e. The van der Waals surface area contributed by atoms with Crippen molar-refractivity contribution in [2.75, 3.05) is 26.4 Å². The van der Waals surface area contributed by atoms with Crippen LogP contribution in [0, 0.1) is 0 Å². The molecule has 3 rings (SSSR count). The van der Waals surface area contributed by atoms with Crippen LogP contribution >= 0.6 is 0 Å². The highest BCUT2D eigenvalue weighted by Crippen LogP contribution is 2.33. The molecule has 3 saturated heterocycles. The SMILES string of the molecule is CCCCC/C=C\C/C=C\C/C=C\CCCCCCCCC(=O)NC(COC1OC(CO)C(OC2OC(CO)C(OC3OC(CO)C(O)C(O)C3O)C(O)C2O)C(O)C1O)C(O)/C=C/CC/C=C/CCCCCCCCCCCCCCCCCC. The van der Waals surface area contributed by atoms with Gasteiger partial charge < -0.3 is 89.9 Å². The first-order valence-corrected chi connectivity index (χ1v) is 33.5. The lowest BCUT2D eigenvalue weighted by Crippen LogP contribution is -2.66. The van der Waals surface area contributed by atoms with E-state index in [1.165, 1.54) is 116 Å². The number of aliphatic hydroxyl groups excluding tert-OH is 11. The van der Waals surface area contributed by atoms with Crippen LogP contribution in [0.25, 0.3) is 0 Å². The lowest BCUT2D eigenvalue weighted by molar-refractivity contribution is -0.379. The number of allylic oxidation sites excluding steroid dienone is 9. The molecule has 19 nitrogen and oxygen atoms in total. The summed E-state index contributed by atoms with van der Waals surface area (Å²) in [4.78, 5) is 13.4. The summed E-state index contributed by atoms with van der Waals surface area (Å²) in [6, 6.07) is -1.000. The quantitative estimate of drug-likeness (QED) is 0.0203. The highest BCUT2D eigenvalue weighted by Gasteiger charge is 2.53. The zero-order valence-corrected chi connectivity index (χ0v) is 52.5. The molecule has 0 spiro atoms. The molecule has 3 aliphatic heterocycles. The van der Waals surface area contributed by atoms with Gasteiger partial charge in [0, 0.05) is 6.42 Å². The van der Waals surface area contributed by atoms with Gasteiger partial charge in [0.2, 0.25) is 5.91 Å². The van der Waals surface area contributed by atoms with Gasteiger partial charge in [0.1, 0.15) is 73.2 Å². The number of hydrogen-bond donors (Lipinski definition) is 12. The number of carbonyl (C=O) groups excluding carboxylic acids is 1. The second-order valence-corrected chi connectivity index (χ2v) is 23.9. The summed E-state index contributed by atoms with van der Waals surface area (Å²) < 4.78 is 34.3. The average Bonchev–Trinajstić information content (AvgIpc) is 2.80. The molecule has 17 atom stereocenters. The van der Waals surface area contributed by atoms with E-state index in [0.29, 0.717) is 12.8 Å². The monoisotopic (exact) mass is 1230 g/mol. The number of amides is 1. The molecule has 0 saturated carbocycles. The van der Waals surface area contributed by atoms with Crippen molar-refractivity contribution in [3.8, 4) is 0 Å². The molecule has 3 fully saturated rings. The Bertz CT molecular complexity index is 1800. The number of ether oxygens (including phenoxy) is 6. The van der Waals surface area contributed by atoms with E-state index in [1.807, 2.05) is 6.08 Å². The first kappa shape index (κ1) is 77.7. The number of carbonyl (C=O) groups is 1. The summed E-state index contributed by atoms with van der Waals surface area (Å²) in [6.07, 6.45) is 31.9. The molecule has 0 radical (unpaired) electrons. The molecule has 3 heterocycles. The first-order chi connectivity index (χ1) is 41.8. The molecular formula is C67H119NO18. The second-order valence-electron chi connectivity index (χ2n) is 23.9. The predicted octanol–water partition coefficient (Wildman–Crippen LogP) is 7.99. The van der Waals surface area contributed by atoms with E-state index in [0.717, 1.165) is 77.0 Å². The van der Waals surface area contributed by atoms with Crippen molar-refractivity contribution < 1.29 is 89.4 Å². The molecule has 0 bridgehead atoms. The molecule has 19 heteroatoms. The third kappa shape index (κ3) is 31.5. The normalized spacial score (nSPS) is 29.2. The number of unbranched alkanes of at least 4 members (excludes halogenated alkanes) is 26. The van der Waals surface area contributed by atoms with Gasteiger partial charge >= 0.3 is 0 Å². The molecule has 0 aliphatic carbocycles. The van der Waals surface area contributed by atoms with Crippen LogP contribution < -0.4 is 5.32 Å². The number of rotatable bonds is 50. The molecule has 500 valence electrons. The molecule has 1 amide bonds. The highest BCUT2D eigenvalue weighted by molar-refractivity contribution is 5.76. The zero-order chi connectivity index (χ0) is 62.6. The van der Waals surface area contributed by atoms with E-state index in [2.05, 4.69) is 67.8 Å². The van der Waals surface area contributed by atoms with Crippen molar-refractivity contribution in [3.63, 3.8) is 0 Å². The van der Waals surface area contributed by atoms with E-state index in [4.69, 9.17) is 28.4 Å². The Balaban J connectivity index is 1.48. The Kier molecular flexibility index (Phi) is 44.5. The van der Waals surface area contributed by atoms with E-state index in [1.54, 1.807) is 6.08 Å². The summed E-state index contributed by atoms with van der Waals surface area (Å²) in [5.41, 5.74) is 0. The second kappa shape index (κ2) is 49.2. The topological polar surface area (TPSA) is 307 Å². The van der Waals surface area contributed by atoms with Crippen LogP contribution in [0.15, 0.2) is 60.8 Å². The van der Waals surface area contributed by atoms with Crippen LogP contribution in [0.2, 0.25) is 0 Å². The third-order valence-corrected chi connectivity index (χ3v) is 16.5. The zero-order valence-electron chi connectivity index (χ0n) is 52.5. The van der Waals surface area contributed by atoms with Crippen LogP contribution in [-0.4, -0.2) is 193 Å². The smallest absolute Gasteiger partial charge is 0.220 e. The Morgan fingerprint density at radius 2 is 0.779 bits per heavy atom. The van der Waals surface area contributed by atoms with E-state index in [9.17, 15) is 61.0 Å². The Morgan fingerprint density at radius 1 is 0.419 bits per heavy atom. The fourth-order valence-electron chi connectivity index (χ4n) is 11.0. The Labute approximate surface area is 515 Å². The van der Waals surface area contributed by atoms with Crippen molar-refractivity contribution in [2.45, 2.75) is 330 Å². The van der Waals surface area contributed by atoms with Crippen molar-refractivity contribution in [1.82, 2.24) is 5.32 Å². The number of nitrogens with one attached hydrogen (secondary N) is 1. The molecule has 0 aromatic carbocycles. The summed E-state index contributed by atoms with van der Waals surface area (Å²) in [5.74, 6) is -0.299. The number of aliphatic hydroxyl groups is 11. The van der Waals surface area contributed by atoms with Gasteiger partial charge in [-0.3, -0.25) is 4.79 Å². The molecule has 0 aromatic heterocycles. The molecule has 17 unspecified atom stereocenters. The van der Waals surface area contributed by atoms with Crippen LogP contribution in [-0.2, 0) is 33.2 Å². The van der Waals surface area contributed by atoms with Crippen molar-refractivity contribution in [3.05, 3.63) is 60.8 Å². The maximum absolute atomic E-state index is 13.4. The van der Waals surface area contributed by atoms with Gasteiger partial charge in [-0.1, -0.05) is 209 Å². The Hall–Kier alpha value is -2.51. The van der Waals surface area contributed by atoms with Gasteiger partial charge in [0.25, 0.3) is 0 Å². The van der Waals surface area contributed by atoms with Gasteiger partial charge in [-0.15, -0.1) is 0 Å². The standard InChI is InChI=1S/C67H119NO18/c1-3-5-7-9-11-13-15-17-19-21-23-24-25-27-28-30-32-34-36-38-40-42-44-51(72)50(68-55(73)45-43-41-39-37-35-33-31-29-26-22-20-18-16-14-12-10-8-6-4-2)49-81-65-61(79)58(76)63(53(47-70)83-65)86-67-62(80)59(77)64(54(48-71)84-67)85-66-60(78)57(75)56(74)52(46-69)82-66/h12,14,18,20,26,29,34,36,42,44,50-54,56-67,69-72,74-80H,3-11,13,15-17,19,21-25,27-28,30-33,35,37-41,43,45-49H2,1-2H3,(H,68,73)/b14-12-,20-18-,29-26-,36-34+,44-42+. The average molecular weight is 1230 g/mol. The summed E-state index contributed by atoms with van der Waals surface area (Å²) in [6.45, 7) is 1.68. The van der Waals surface area contributed by atoms with E-state index < -0.39 is 124 Å². The molecule has 0 aromatic rings. The number of hydrogen-bond acceptors (Lipinski definition) is 18. The molecule has 3 aliphatic rings. The van der Waals surface area contributed by atoms with Gasteiger partial charge in [-0.05, 0) is 70.6 Å². The van der Waals surface area contributed by atoms with Crippen LogP contribution in [0.4, 0.5) is 0 Å². The lowest BCUT2D eigenvalue weighted by Gasteiger charge is -2.48. The van der Waals surface area contributed by atoms with Gasteiger partial charge in [0.15, 0.2) is 18.9 Å². The van der Waals surface area contributed by atoms with Crippen LogP contribution in [0.5, 0.6) is 0 Å². The van der Waals surface area contributed by atoms with E-state index >= 15 is 0 Å². The molecule has 86 heavy (non-hydrogen) atoms. The van der Waals surface area contributed by atoms with Crippen molar-refractivity contribution >= 4 is 5.91 Å². The fourth-order valence-corrected chi connectivity index (χ4v) is 11.0. The van der Waals surface area contributed by atoms with Gasteiger partial charge in [-0.2, -0.15) is 0 Å². The summed E-state index contributed by atoms with van der Waals surface area (Å²) in [5, 5.41) is 120. The van der Waals surface area contributed by atoms with E-state index in [-0.39, 0.29) is 18.9 Å². The van der Waals surface area contributed by atoms with Crippen molar-refractivity contribution in [2.24, 2.45) is 0 Å². The van der Waals surface area contributed by atoms with Gasteiger partial charge in [0.05, 0.1) is 38.6 Å². The molecular weight excluding hydrogens is 1110 g/mol. The summed E-state index contributed by atoms with van der Waals surface area (Å²) in [7, 11) is 0. The third-order valence-electron chi connectivity index (χ3n) is 16.5. The van der Waals surface area contributed by atoms with Crippen molar-refractivity contribution in [1.29, 1.82) is 0 Å². The maximum Gasteiger partial charge on any atom is 0.220 e. The van der Waals surface area contributed by atoms with Gasteiger partial charge in [-0.25, -0.2) is 0 Å². The molecule has 12 N–H and O–H groups in total. The largest absolute Gasteiger partial charge is 0.394 e. The first-order valence-electron chi connectivity index (χ1n) is 33.5. The highest BCUT2D eigenvalue weighted by atomic mass is 16.8. The van der Waals surface area contributed by atoms with Crippen LogP contribution in [0.1, 0.15) is 226 Å². The maximum atomic E-state index is 13.4. The Morgan fingerprint density at radius 3 is 1.27 bits per heavy atom. The minimum atomic E-state index is -1.98. The lowest BCUT2D eigenvalue weighted by atomic mass is 9.96. The predicted molar refractivity (Wildman–Crippen MR) is 332 cm³/mol. The van der Waals surface area contributed by atoms with Crippen LogP contribution in [0.3, 0.4) is 0 Å². The fraction of sp³-hybridized carbons (Fsp3) is 0.836. The minimum absolute atomic E-state index is 0.219.